The molecule has 4 nitrogen and oxygen atoms in total. The van der Waals surface area contributed by atoms with Crippen molar-refractivity contribution in [2.45, 2.75) is 95.6 Å². The number of hydrogen-bond acceptors (Lipinski definition) is 3. The number of phenols is 2. The molecular weight excluding hydrogens is 574 g/mol. The Balaban J connectivity index is 1.41. The number of halogens is 6. The normalized spacial score (nSPS) is 13.0. The van der Waals surface area contributed by atoms with Gasteiger partial charge in [-0.3, -0.25) is 4.79 Å². The third kappa shape index (κ3) is 9.79. The topological polar surface area (TPSA) is 77.8 Å². The van der Waals surface area contributed by atoms with Crippen molar-refractivity contribution in [2.75, 3.05) is 0 Å². The van der Waals surface area contributed by atoms with Crippen molar-refractivity contribution in [3.05, 3.63) is 59.9 Å². The van der Waals surface area contributed by atoms with Gasteiger partial charge in [0.25, 0.3) is 0 Å². The van der Waals surface area contributed by atoms with Gasteiger partial charge in [-0.1, -0.05) is 63.1 Å². The maximum absolute atomic E-state index is 14.7. The summed E-state index contributed by atoms with van der Waals surface area (Å²) in [7, 11) is 0. The Morgan fingerprint density at radius 2 is 1.26 bits per heavy atom. The lowest BCUT2D eigenvalue weighted by Gasteiger charge is -2.20. The number of benzene rings is 3. The molecule has 0 amide bonds. The van der Waals surface area contributed by atoms with Gasteiger partial charge in [0.1, 0.15) is 17.3 Å². The summed E-state index contributed by atoms with van der Waals surface area (Å²) in [4.78, 5) is 11.4. The molecule has 3 rings (SSSR count). The number of aromatic hydroxyl groups is 2. The van der Waals surface area contributed by atoms with Gasteiger partial charge in [-0.15, -0.1) is 0 Å². The molecule has 0 aliphatic heterocycles. The molecule has 0 radical (unpaired) electrons. The van der Waals surface area contributed by atoms with Crippen LogP contribution >= 0.6 is 0 Å². The van der Waals surface area contributed by atoms with Crippen LogP contribution < -0.4 is 0 Å². The number of phenolic OH excluding ortho intramolecular Hbond substituents is 2. The molecule has 0 bridgehead atoms. The van der Waals surface area contributed by atoms with Gasteiger partial charge in [0.2, 0.25) is 0 Å². The lowest BCUT2D eigenvalue weighted by Crippen LogP contribution is -2.36. The molecule has 43 heavy (non-hydrogen) atoms. The van der Waals surface area contributed by atoms with Gasteiger partial charge in [-0.05, 0) is 78.3 Å². The van der Waals surface area contributed by atoms with Gasteiger partial charge < -0.3 is 15.3 Å². The van der Waals surface area contributed by atoms with Gasteiger partial charge in [-0.25, -0.2) is 4.39 Å². The van der Waals surface area contributed by atoms with Crippen LogP contribution in [0.2, 0.25) is 0 Å². The average Bonchev–Trinajstić information content (AvgIpc) is 2.92. The second kappa shape index (κ2) is 15.3. The number of carboxylic acids is 1. The highest BCUT2D eigenvalue weighted by Gasteiger charge is 2.56. The van der Waals surface area contributed by atoms with Gasteiger partial charge in [0.05, 0.1) is 5.92 Å². The smallest absolute Gasteiger partial charge is 0.453 e. The molecule has 0 spiro atoms. The fraction of sp³-hybridized carbons (Fsp3) is 0.485. The van der Waals surface area contributed by atoms with Crippen molar-refractivity contribution in [3.63, 3.8) is 0 Å². The summed E-state index contributed by atoms with van der Waals surface area (Å²) in [5.74, 6) is -7.43. The van der Waals surface area contributed by atoms with Crippen molar-refractivity contribution >= 4 is 16.7 Å². The molecule has 0 heterocycles. The van der Waals surface area contributed by atoms with E-state index in [2.05, 4.69) is 0 Å². The minimum absolute atomic E-state index is 0.145. The first-order chi connectivity index (χ1) is 20.3. The van der Waals surface area contributed by atoms with Crippen LogP contribution in [0.5, 0.6) is 11.5 Å². The number of unbranched alkanes of at least 4 members (excludes halogenated alkanes) is 7. The summed E-state index contributed by atoms with van der Waals surface area (Å²) < 4.78 is 77.7. The van der Waals surface area contributed by atoms with Crippen LogP contribution in [0.3, 0.4) is 0 Å². The summed E-state index contributed by atoms with van der Waals surface area (Å²) >= 11 is 0. The van der Waals surface area contributed by atoms with E-state index in [9.17, 15) is 46.5 Å². The zero-order chi connectivity index (χ0) is 31.6. The third-order valence-corrected chi connectivity index (χ3v) is 7.89. The van der Waals surface area contributed by atoms with Crippen molar-refractivity contribution in [1.29, 1.82) is 0 Å². The van der Waals surface area contributed by atoms with Crippen LogP contribution in [0.15, 0.2) is 48.5 Å². The first kappa shape index (κ1) is 34.1. The first-order valence-corrected chi connectivity index (χ1v) is 14.7. The quantitative estimate of drug-likeness (QED) is 0.105. The van der Waals surface area contributed by atoms with Crippen LogP contribution in [-0.4, -0.2) is 33.4 Å². The molecule has 3 aromatic carbocycles. The zero-order valence-electron chi connectivity index (χ0n) is 23.9. The van der Waals surface area contributed by atoms with Gasteiger partial charge in [0.15, 0.2) is 0 Å². The van der Waals surface area contributed by atoms with Gasteiger partial charge in [-0.2, -0.15) is 22.0 Å². The van der Waals surface area contributed by atoms with E-state index in [1.54, 1.807) is 18.2 Å². The Bertz CT molecular complexity index is 1360. The monoisotopic (exact) mass is 612 g/mol. The Hall–Kier alpha value is -3.43. The number of rotatable bonds is 17. The number of fused-ring (bicyclic) bond motifs is 1. The maximum atomic E-state index is 14.7. The van der Waals surface area contributed by atoms with Crippen molar-refractivity contribution in [2.24, 2.45) is 5.92 Å². The maximum Gasteiger partial charge on any atom is 0.453 e. The highest BCUT2D eigenvalue weighted by molar-refractivity contribution is 5.92. The van der Waals surface area contributed by atoms with E-state index >= 15 is 0 Å². The molecule has 236 valence electrons. The Morgan fingerprint density at radius 1 is 0.698 bits per heavy atom. The van der Waals surface area contributed by atoms with Gasteiger partial charge in [0, 0.05) is 18.1 Å². The van der Waals surface area contributed by atoms with E-state index in [1.807, 2.05) is 18.2 Å². The standard InChI is InChI=1S/C33H38F6O4/c34-30-21-25(41)15-18-29(30)28-16-13-23-20-24(40)14-17-26(23)27(28)12-8-6-4-2-1-3-5-7-10-22(31(42)43)11-9-19-32(35,36)33(37,38)39/h13-18,20-22,40-41H,1-12,19H2,(H,42,43). The molecule has 0 aromatic heterocycles. The molecule has 0 fully saturated rings. The number of carboxylic acid groups (broad SMARTS) is 1. The Labute approximate surface area is 247 Å². The van der Waals surface area contributed by atoms with E-state index in [0.29, 0.717) is 18.4 Å². The number of hydrogen-bond donors (Lipinski definition) is 3. The van der Waals surface area contributed by atoms with Crippen LogP contribution in [0.25, 0.3) is 21.9 Å². The minimum atomic E-state index is -5.62. The molecular formula is C33H38F6O4. The number of aryl methyl sites for hydroxylation is 1. The van der Waals surface area contributed by atoms with E-state index in [-0.39, 0.29) is 24.3 Å². The minimum Gasteiger partial charge on any atom is -0.508 e. The van der Waals surface area contributed by atoms with Crippen LogP contribution in [0.1, 0.15) is 82.6 Å². The van der Waals surface area contributed by atoms with Crippen molar-refractivity contribution in [3.8, 4) is 22.6 Å². The van der Waals surface area contributed by atoms with E-state index < -0.39 is 42.6 Å². The molecule has 10 heteroatoms. The highest BCUT2D eigenvalue weighted by Crippen LogP contribution is 2.40. The lowest BCUT2D eigenvalue weighted by molar-refractivity contribution is -0.284. The van der Waals surface area contributed by atoms with Crippen molar-refractivity contribution < 1.29 is 46.5 Å². The molecule has 1 atom stereocenters. The Morgan fingerprint density at radius 3 is 1.88 bits per heavy atom. The molecule has 3 N–H and O–H groups in total. The second-order valence-electron chi connectivity index (χ2n) is 11.2. The molecule has 0 aliphatic rings. The summed E-state index contributed by atoms with van der Waals surface area (Å²) in [6.45, 7) is 0. The lowest BCUT2D eigenvalue weighted by atomic mass is 9.90. The summed E-state index contributed by atoms with van der Waals surface area (Å²) in [6.07, 6.45) is 0.0871. The van der Waals surface area contributed by atoms with Crippen LogP contribution in [-0.2, 0) is 11.2 Å². The number of alkyl halides is 5. The van der Waals surface area contributed by atoms with E-state index in [1.165, 1.54) is 6.07 Å². The van der Waals surface area contributed by atoms with Gasteiger partial charge >= 0.3 is 18.1 Å². The fourth-order valence-electron chi connectivity index (χ4n) is 5.48. The molecule has 1 unspecified atom stereocenters. The van der Waals surface area contributed by atoms with E-state index in [4.69, 9.17) is 0 Å². The number of carbonyl (C=O) groups is 1. The molecule has 0 aliphatic carbocycles. The number of aliphatic carboxylic acids is 1. The average molecular weight is 613 g/mol. The molecule has 0 saturated carbocycles. The summed E-state index contributed by atoms with van der Waals surface area (Å²) in [6, 6.07) is 12.9. The van der Waals surface area contributed by atoms with Crippen molar-refractivity contribution in [1.82, 2.24) is 0 Å². The first-order valence-electron chi connectivity index (χ1n) is 14.7. The molecule has 3 aromatic rings. The molecule has 0 saturated heterocycles. The second-order valence-corrected chi connectivity index (χ2v) is 11.2. The fourth-order valence-corrected chi connectivity index (χ4v) is 5.48. The predicted molar refractivity (Wildman–Crippen MR) is 154 cm³/mol. The van der Waals surface area contributed by atoms with Crippen LogP contribution in [0, 0.1) is 11.7 Å². The predicted octanol–water partition coefficient (Wildman–Crippen LogP) is 10.2. The SMILES string of the molecule is O=C(O)C(CCCCCCCCCCc1c(-c2ccc(O)cc2F)ccc2cc(O)ccc12)CCCC(F)(F)C(F)(F)F. The van der Waals surface area contributed by atoms with Crippen LogP contribution in [0.4, 0.5) is 26.3 Å². The third-order valence-electron chi connectivity index (χ3n) is 7.89. The Kier molecular flexibility index (Phi) is 12.2. The largest absolute Gasteiger partial charge is 0.508 e. The van der Waals surface area contributed by atoms with E-state index in [0.717, 1.165) is 72.9 Å². The summed E-state index contributed by atoms with van der Waals surface area (Å²) in [5, 5.41) is 30.6. The highest BCUT2D eigenvalue weighted by atomic mass is 19.4. The zero-order valence-corrected chi connectivity index (χ0v) is 23.9. The summed E-state index contributed by atoms with van der Waals surface area (Å²) in [5.41, 5.74) is 2.11.